The summed E-state index contributed by atoms with van der Waals surface area (Å²) in [6.45, 7) is 4.84. The van der Waals surface area contributed by atoms with Gasteiger partial charge in [0.2, 0.25) is 0 Å². The number of rotatable bonds is 3. The van der Waals surface area contributed by atoms with Crippen LogP contribution in [0.15, 0.2) is 30.3 Å². The van der Waals surface area contributed by atoms with Crippen LogP contribution in [0.3, 0.4) is 0 Å². The van der Waals surface area contributed by atoms with Gasteiger partial charge in [-0.2, -0.15) is 0 Å². The molecule has 86 valence electrons. The van der Waals surface area contributed by atoms with Gasteiger partial charge in [-0.25, -0.2) is 4.79 Å². The molecule has 0 bridgehead atoms. The molecule has 1 aliphatic rings. The van der Waals surface area contributed by atoms with Crippen LogP contribution < -0.4 is 0 Å². The summed E-state index contributed by atoms with van der Waals surface area (Å²) in [5, 5.41) is 0. The van der Waals surface area contributed by atoms with E-state index >= 15 is 0 Å². The normalized spacial score (nSPS) is 23.1. The third kappa shape index (κ3) is 2.25. The van der Waals surface area contributed by atoms with Crippen molar-refractivity contribution in [1.29, 1.82) is 0 Å². The molecule has 3 nitrogen and oxygen atoms in total. The first-order valence-corrected chi connectivity index (χ1v) is 5.42. The Balaban J connectivity index is 1.98. The molecule has 1 aromatic rings. The fraction of sp³-hybridized carbons (Fsp3) is 0.462. The molecule has 1 atom stereocenters. The number of carbonyl (C=O) groups is 1. The Hall–Kier alpha value is -1.35. The SMILES string of the molecule is CC1(C)COC(=O)[C@H]1OCc1ccccc1. The zero-order valence-electron chi connectivity index (χ0n) is 9.60. The standard InChI is InChI=1S/C13H16O3/c1-13(2)9-16-12(14)11(13)15-8-10-6-4-3-5-7-10/h3-7,11H,8-9H2,1-2H3/t11-/m1/s1. The van der Waals surface area contributed by atoms with Gasteiger partial charge in [0.05, 0.1) is 13.2 Å². The number of hydrogen-bond donors (Lipinski definition) is 0. The summed E-state index contributed by atoms with van der Waals surface area (Å²) < 4.78 is 10.6. The molecule has 1 heterocycles. The predicted molar refractivity (Wildman–Crippen MR) is 59.8 cm³/mol. The van der Waals surface area contributed by atoms with Crippen LogP contribution in [-0.2, 0) is 20.9 Å². The van der Waals surface area contributed by atoms with Crippen LogP contribution in [0, 0.1) is 5.41 Å². The lowest BCUT2D eigenvalue weighted by molar-refractivity contribution is -0.149. The number of hydrogen-bond acceptors (Lipinski definition) is 3. The van der Waals surface area contributed by atoms with Crippen LogP contribution in [0.5, 0.6) is 0 Å². The number of cyclic esters (lactones) is 1. The predicted octanol–water partition coefficient (Wildman–Crippen LogP) is 2.15. The summed E-state index contributed by atoms with van der Waals surface area (Å²) in [4.78, 5) is 11.5. The highest BCUT2D eigenvalue weighted by Gasteiger charge is 2.44. The Kier molecular flexibility index (Phi) is 2.97. The Bertz CT molecular complexity index is 370. The molecule has 0 amide bonds. The molecule has 1 saturated heterocycles. The van der Waals surface area contributed by atoms with E-state index in [1.165, 1.54) is 0 Å². The zero-order chi connectivity index (χ0) is 11.6. The molecule has 0 N–H and O–H groups in total. The molecule has 0 saturated carbocycles. The fourth-order valence-electron chi connectivity index (χ4n) is 1.77. The molecule has 0 radical (unpaired) electrons. The topological polar surface area (TPSA) is 35.5 Å². The van der Waals surface area contributed by atoms with Crippen molar-refractivity contribution in [2.24, 2.45) is 5.41 Å². The first kappa shape index (κ1) is 11.1. The number of carbonyl (C=O) groups excluding carboxylic acids is 1. The minimum atomic E-state index is -0.451. The van der Waals surface area contributed by atoms with Gasteiger partial charge in [-0.3, -0.25) is 0 Å². The van der Waals surface area contributed by atoms with E-state index in [0.717, 1.165) is 5.56 Å². The van der Waals surface area contributed by atoms with Crippen molar-refractivity contribution in [2.75, 3.05) is 6.61 Å². The van der Waals surface area contributed by atoms with E-state index in [0.29, 0.717) is 13.2 Å². The van der Waals surface area contributed by atoms with E-state index in [2.05, 4.69) is 0 Å². The number of esters is 1. The van der Waals surface area contributed by atoms with E-state index < -0.39 is 6.10 Å². The smallest absolute Gasteiger partial charge is 0.335 e. The van der Waals surface area contributed by atoms with Gasteiger partial charge in [0.15, 0.2) is 6.10 Å². The lowest BCUT2D eigenvalue weighted by Gasteiger charge is -2.21. The largest absolute Gasteiger partial charge is 0.463 e. The van der Waals surface area contributed by atoms with Gasteiger partial charge in [-0.15, -0.1) is 0 Å². The maximum atomic E-state index is 11.5. The van der Waals surface area contributed by atoms with Crippen molar-refractivity contribution in [3.05, 3.63) is 35.9 Å². The average molecular weight is 220 g/mol. The monoisotopic (exact) mass is 220 g/mol. The van der Waals surface area contributed by atoms with E-state index in [9.17, 15) is 4.79 Å². The van der Waals surface area contributed by atoms with Crippen molar-refractivity contribution >= 4 is 5.97 Å². The second-order valence-corrected chi connectivity index (χ2v) is 4.77. The highest BCUT2D eigenvalue weighted by atomic mass is 16.6. The first-order chi connectivity index (χ1) is 7.59. The summed E-state index contributed by atoms with van der Waals surface area (Å²) in [5.41, 5.74) is 0.837. The summed E-state index contributed by atoms with van der Waals surface area (Å²) >= 11 is 0. The summed E-state index contributed by atoms with van der Waals surface area (Å²) in [7, 11) is 0. The third-order valence-corrected chi connectivity index (χ3v) is 2.77. The lowest BCUT2D eigenvalue weighted by Crippen LogP contribution is -2.32. The van der Waals surface area contributed by atoms with E-state index in [1.54, 1.807) is 0 Å². The molecular weight excluding hydrogens is 204 g/mol. The van der Waals surface area contributed by atoms with Crippen molar-refractivity contribution in [3.8, 4) is 0 Å². The highest BCUT2D eigenvalue weighted by Crippen LogP contribution is 2.31. The zero-order valence-corrected chi connectivity index (χ0v) is 9.60. The summed E-state index contributed by atoms with van der Waals surface area (Å²) in [6.07, 6.45) is -0.451. The summed E-state index contributed by atoms with van der Waals surface area (Å²) in [5.74, 6) is -0.249. The Morgan fingerprint density at radius 1 is 1.38 bits per heavy atom. The Labute approximate surface area is 95.4 Å². The first-order valence-electron chi connectivity index (χ1n) is 5.42. The van der Waals surface area contributed by atoms with Crippen LogP contribution in [0.2, 0.25) is 0 Å². The molecular formula is C13H16O3. The minimum Gasteiger partial charge on any atom is -0.463 e. The maximum absolute atomic E-state index is 11.5. The van der Waals surface area contributed by atoms with E-state index in [1.807, 2.05) is 44.2 Å². The van der Waals surface area contributed by atoms with Crippen molar-refractivity contribution in [3.63, 3.8) is 0 Å². The van der Waals surface area contributed by atoms with Crippen LogP contribution in [0.4, 0.5) is 0 Å². The maximum Gasteiger partial charge on any atom is 0.335 e. The van der Waals surface area contributed by atoms with Crippen molar-refractivity contribution in [1.82, 2.24) is 0 Å². The summed E-state index contributed by atoms with van der Waals surface area (Å²) in [6, 6.07) is 9.82. The van der Waals surface area contributed by atoms with Gasteiger partial charge in [0.1, 0.15) is 0 Å². The third-order valence-electron chi connectivity index (χ3n) is 2.77. The molecule has 16 heavy (non-hydrogen) atoms. The molecule has 0 aromatic heterocycles. The van der Waals surface area contributed by atoms with Crippen LogP contribution in [0.25, 0.3) is 0 Å². The molecule has 2 rings (SSSR count). The minimum absolute atomic E-state index is 0.230. The van der Waals surface area contributed by atoms with Crippen LogP contribution in [0.1, 0.15) is 19.4 Å². The second kappa shape index (κ2) is 4.26. The van der Waals surface area contributed by atoms with E-state index in [-0.39, 0.29) is 11.4 Å². The Morgan fingerprint density at radius 2 is 2.06 bits per heavy atom. The van der Waals surface area contributed by atoms with Crippen LogP contribution >= 0.6 is 0 Å². The van der Waals surface area contributed by atoms with Gasteiger partial charge in [0, 0.05) is 5.41 Å². The quantitative estimate of drug-likeness (QED) is 0.732. The molecule has 0 unspecified atom stereocenters. The molecule has 1 aromatic carbocycles. The highest BCUT2D eigenvalue weighted by molar-refractivity contribution is 5.77. The molecule has 0 aliphatic carbocycles. The fourth-order valence-corrected chi connectivity index (χ4v) is 1.77. The number of benzene rings is 1. The number of ether oxygens (including phenoxy) is 2. The molecule has 3 heteroatoms. The van der Waals surface area contributed by atoms with Gasteiger partial charge in [0.25, 0.3) is 0 Å². The molecule has 1 fully saturated rings. The molecule has 1 aliphatic heterocycles. The Morgan fingerprint density at radius 3 is 2.62 bits per heavy atom. The molecule has 0 spiro atoms. The van der Waals surface area contributed by atoms with E-state index in [4.69, 9.17) is 9.47 Å². The second-order valence-electron chi connectivity index (χ2n) is 4.77. The lowest BCUT2D eigenvalue weighted by atomic mass is 9.90. The van der Waals surface area contributed by atoms with Gasteiger partial charge < -0.3 is 9.47 Å². The van der Waals surface area contributed by atoms with Crippen molar-refractivity contribution < 1.29 is 14.3 Å². The average Bonchev–Trinajstić information content (AvgIpc) is 2.52. The van der Waals surface area contributed by atoms with Gasteiger partial charge >= 0.3 is 5.97 Å². The van der Waals surface area contributed by atoms with Gasteiger partial charge in [-0.05, 0) is 5.56 Å². The van der Waals surface area contributed by atoms with Crippen molar-refractivity contribution in [2.45, 2.75) is 26.6 Å². The van der Waals surface area contributed by atoms with Gasteiger partial charge in [-0.1, -0.05) is 44.2 Å². The van der Waals surface area contributed by atoms with Crippen LogP contribution in [-0.4, -0.2) is 18.7 Å².